The summed E-state index contributed by atoms with van der Waals surface area (Å²) in [6, 6.07) is 7.31. The van der Waals surface area contributed by atoms with Gasteiger partial charge in [0.25, 0.3) is 0 Å². The minimum Gasteiger partial charge on any atom is -0.493 e. The van der Waals surface area contributed by atoms with Gasteiger partial charge in [0.15, 0.2) is 17.3 Å². The molecule has 0 aliphatic heterocycles. The molecule has 0 bridgehead atoms. The largest absolute Gasteiger partial charge is 0.493 e. The Labute approximate surface area is 130 Å². The zero-order chi connectivity index (χ0) is 14.5. The number of benzene rings is 1. The zero-order valence-corrected chi connectivity index (χ0v) is 13.7. The van der Waals surface area contributed by atoms with Gasteiger partial charge in [0.1, 0.15) is 0 Å². The van der Waals surface area contributed by atoms with Crippen LogP contribution in [0, 0.1) is 0 Å². The minimum atomic E-state index is 0.107. The van der Waals surface area contributed by atoms with Crippen molar-refractivity contribution in [2.75, 3.05) is 14.2 Å². The first-order chi connectivity index (χ1) is 9.63. The van der Waals surface area contributed by atoms with Crippen molar-refractivity contribution in [2.24, 2.45) is 0 Å². The molecule has 20 heavy (non-hydrogen) atoms. The van der Waals surface area contributed by atoms with Gasteiger partial charge in [-0.3, -0.25) is 4.79 Å². The summed E-state index contributed by atoms with van der Waals surface area (Å²) in [7, 11) is 3.14. The summed E-state index contributed by atoms with van der Waals surface area (Å²) < 4.78 is 11.4. The molecular formula is C15H15BrO3S. The fraction of sp³-hybridized carbons (Fsp3) is 0.267. The summed E-state index contributed by atoms with van der Waals surface area (Å²) in [6.45, 7) is 0. The third-order valence-electron chi connectivity index (χ3n) is 2.93. The summed E-state index contributed by atoms with van der Waals surface area (Å²) in [4.78, 5) is 13.4. The van der Waals surface area contributed by atoms with Gasteiger partial charge < -0.3 is 9.47 Å². The average molecular weight is 355 g/mol. The molecule has 2 aromatic rings. The van der Waals surface area contributed by atoms with Crippen LogP contribution in [0.5, 0.6) is 11.5 Å². The number of thiophene rings is 1. The van der Waals surface area contributed by atoms with E-state index < -0.39 is 0 Å². The lowest BCUT2D eigenvalue weighted by atomic mass is 10.1. The van der Waals surface area contributed by atoms with E-state index in [4.69, 9.17) is 9.47 Å². The number of carbonyl (C=O) groups is 1. The molecule has 0 unspecified atom stereocenters. The molecule has 0 amide bonds. The molecule has 0 saturated heterocycles. The Balaban J connectivity index is 2.05. The number of Topliss-reactive ketones (excluding diaryl/α,β-unsaturated/α-hetero) is 1. The summed E-state index contributed by atoms with van der Waals surface area (Å²) in [5.74, 6) is 1.32. The average Bonchev–Trinajstić information content (AvgIpc) is 2.89. The van der Waals surface area contributed by atoms with Crippen LogP contribution in [0.15, 0.2) is 34.1 Å². The number of hydrogen-bond acceptors (Lipinski definition) is 4. The molecule has 3 nitrogen and oxygen atoms in total. The van der Waals surface area contributed by atoms with Crippen molar-refractivity contribution in [2.45, 2.75) is 12.8 Å². The Kier molecular flexibility index (Phi) is 5.20. The molecule has 0 fully saturated rings. The molecule has 0 radical (unpaired) electrons. The molecule has 0 saturated carbocycles. The van der Waals surface area contributed by atoms with E-state index in [0.717, 1.165) is 10.9 Å². The molecule has 1 aromatic carbocycles. The van der Waals surface area contributed by atoms with Crippen molar-refractivity contribution in [3.63, 3.8) is 0 Å². The number of ether oxygens (including phenoxy) is 2. The van der Waals surface area contributed by atoms with Crippen LogP contribution in [0.1, 0.15) is 21.7 Å². The molecule has 1 heterocycles. The van der Waals surface area contributed by atoms with E-state index in [1.807, 2.05) is 11.4 Å². The first-order valence-corrected chi connectivity index (χ1v) is 7.79. The van der Waals surface area contributed by atoms with Crippen molar-refractivity contribution in [3.8, 4) is 11.5 Å². The van der Waals surface area contributed by atoms with Crippen molar-refractivity contribution in [1.82, 2.24) is 0 Å². The highest BCUT2D eigenvalue weighted by Crippen LogP contribution is 2.28. The number of methoxy groups -OCH3 is 2. The molecule has 106 valence electrons. The molecule has 1 aromatic heterocycles. The first kappa shape index (κ1) is 15.1. The molecule has 2 rings (SSSR count). The van der Waals surface area contributed by atoms with E-state index in [9.17, 15) is 4.79 Å². The second-order valence-electron chi connectivity index (χ2n) is 4.22. The van der Waals surface area contributed by atoms with E-state index in [2.05, 4.69) is 15.9 Å². The number of halogens is 1. The highest BCUT2D eigenvalue weighted by atomic mass is 79.9. The van der Waals surface area contributed by atoms with Gasteiger partial charge in [0, 0.05) is 26.7 Å². The molecular weight excluding hydrogens is 340 g/mol. The maximum absolute atomic E-state index is 12.2. The summed E-state index contributed by atoms with van der Waals surface area (Å²) in [5, 5.41) is 2.02. The van der Waals surface area contributed by atoms with Crippen LogP contribution in [-0.2, 0) is 6.42 Å². The highest BCUT2D eigenvalue weighted by Gasteiger charge is 2.11. The van der Waals surface area contributed by atoms with Gasteiger partial charge in [-0.1, -0.05) is 0 Å². The highest BCUT2D eigenvalue weighted by molar-refractivity contribution is 9.10. The van der Waals surface area contributed by atoms with Gasteiger partial charge in [-0.15, -0.1) is 11.3 Å². The van der Waals surface area contributed by atoms with Crippen molar-refractivity contribution in [3.05, 3.63) is 44.6 Å². The lowest BCUT2D eigenvalue weighted by molar-refractivity contribution is 0.0982. The van der Waals surface area contributed by atoms with Crippen LogP contribution in [0.25, 0.3) is 0 Å². The Morgan fingerprint density at radius 1 is 1.20 bits per heavy atom. The lowest BCUT2D eigenvalue weighted by Crippen LogP contribution is -2.02. The van der Waals surface area contributed by atoms with Gasteiger partial charge in [-0.2, -0.15) is 0 Å². The van der Waals surface area contributed by atoms with Crippen molar-refractivity contribution < 1.29 is 14.3 Å². The summed E-state index contributed by atoms with van der Waals surface area (Å²) >= 11 is 5.07. The zero-order valence-electron chi connectivity index (χ0n) is 11.3. The Hall–Kier alpha value is -1.33. The monoisotopic (exact) mass is 354 g/mol. The van der Waals surface area contributed by atoms with Crippen LogP contribution in [0.2, 0.25) is 0 Å². The van der Waals surface area contributed by atoms with E-state index in [-0.39, 0.29) is 5.78 Å². The molecule has 0 atom stereocenters. The predicted molar refractivity (Wildman–Crippen MR) is 84.2 cm³/mol. The van der Waals surface area contributed by atoms with Gasteiger partial charge in [0.05, 0.1) is 14.2 Å². The number of aryl methyl sites for hydroxylation is 1. The molecule has 5 heteroatoms. The van der Waals surface area contributed by atoms with Crippen LogP contribution < -0.4 is 9.47 Å². The van der Waals surface area contributed by atoms with Crippen LogP contribution in [0.3, 0.4) is 0 Å². The topological polar surface area (TPSA) is 35.5 Å². The molecule has 0 spiro atoms. The fourth-order valence-corrected chi connectivity index (χ4v) is 3.33. The summed E-state index contributed by atoms with van der Waals surface area (Å²) in [5.41, 5.74) is 0.651. The number of carbonyl (C=O) groups excluding carboxylic acids is 1. The third kappa shape index (κ3) is 3.61. The van der Waals surface area contributed by atoms with E-state index in [0.29, 0.717) is 23.5 Å². The normalized spacial score (nSPS) is 10.3. The number of rotatable bonds is 6. The Morgan fingerprint density at radius 2 is 1.95 bits per heavy atom. The van der Waals surface area contributed by atoms with Gasteiger partial charge in [-0.05, 0) is 46.6 Å². The lowest BCUT2D eigenvalue weighted by Gasteiger charge is -2.08. The third-order valence-corrected chi connectivity index (χ3v) is 4.68. The van der Waals surface area contributed by atoms with Crippen LogP contribution >= 0.6 is 27.3 Å². The SMILES string of the molecule is COc1ccc(C(=O)CCc2cc(Br)cs2)cc1OC. The fourth-order valence-electron chi connectivity index (χ4n) is 1.88. The van der Waals surface area contributed by atoms with Crippen LogP contribution in [-0.4, -0.2) is 20.0 Å². The second-order valence-corrected chi connectivity index (χ2v) is 6.14. The summed E-state index contributed by atoms with van der Waals surface area (Å²) in [6.07, 6.45) is 1.24. The Bertz CT molecular complexity index is 607. The van der Waals surface area contributed by atoms with Crippen molar-refractivity contribution >= 4 is 33.0 Å². The minimum absolute atomic E-state index is 0.107. The standard InChI is InChI=1S/C15H15BrO3S/c1-18-14-6-3-10(7-15(14)19-2)13(17)5-4-12-8-11(16)9-20-12/h3,6-9H,4-5H2,1-2H3. The Morgan fingerprint density at radius 3 is 2.55 bits per heavy atom. The van der Waals surface area contributed by atoms with Crippen LogP contribution in [0.4, 0.5) is 0 Å². The quantitative estimate of drug-likeness (QED) is 0.723. The van der Waals surface area contributed by atoms with Gasteiger partial charge >= 0.3 is 0 Å². The molecule has 0 N–H and O–H groups in total. The van der Waals surface area contributed by atoms with E-state index >= 15 is 0 Å². The maximum atomic E-state index is 12.2. The predicted octanol–water partition coefficient (Wildman–Crippen LogP) is 4.34. The smallest absolute Gasteiger partial charge is 0.163 e. The van der Waals surface area contributed by atoms with E-state index in [1.165, 1.54) is 4.88 Å². The number of hydrogen-bond donors (Lipinski definition) is 0. The molecule has 0 aliphatic carbocycles. The first-order valence-electron chi connectivity index (χ1n) is 6.12. The maximum Gasteiger partial charge on any atom is 0.163 e. The van der Waals surface area contributed by atoms with Crippen molar-refractivity contribution in [1.29, 1.82) is 0 Å². The molecule has 0 aliphatic rings. The number of ketones is 1. The van der Waals surface area contributed by atoms with E-state index in [1.54, 1.807) is 43.8 Å². The van der Waals surface area contributed by atoms with Gasteiger partial charge in [-0.25, -0.2) is 0 Å². The second kappa shape index (κ2) is 6.90. The van der Waals surface area contributed by atoms with Gasteiger partial charge in [0.2, 0.25) is 0 Å².